The number of carbonyl (C=O) groups excluding carboxylic acids is 2. The van der Waals surface area contributed by atoms with E-state index >= 15 is 0 Å². The summed E-state index contributed by atoms with van der Waals surface area (Å²) in [6.45, 7) is 6.66. The number of aromatic nitrogens is 1. The Morgan fingerprint density at radius 2 is 2.04 bits per heavy atom. The van der Waals surface area contributed by atoms with Gasteiger partial charge in [-0.15, -0.1) is 11.8 Å². The van der Waals surface area contributed by atoms with Gasteiger partial charge in [0.15, 0.2) is 5.82 Å². The Kier molecular flexibility index (Phi) is 6.47. The van der Waals surface area contributed by atoms with E-state index in [9.17, 15) is 9.59 Å². The SMILES string of the molecule is Cc1cc(NC(=O)CSCC(=O)NCC2(C)CCNCC2)no1. The van der Waals surface area contributed by atoms with Crippen LogP contribution in [0.4, 0.5) is 5.82 Å². The van der Waals surface area contributed by atoms with Gasteiger partial charge in [-0.3, -0.25) is 9.59 Å². The molecule has 0 atom stereocenters. The van der Waals surface area contributed by atoms with Gasteiger partial charge in [0.25, 0.3) is 0 Å². The monoisotopic (exact) mass is 340 g/mol. The maximum atomic E-state index is 11.9. The van der Waals surface area contributed by atoms with Crippen molar-refractivity contribution in [3.63, 3.8) is 0 Å². The molecule has 0 aliphatic carbocycles. The van der Waals surface area contributed by atoms with Crippen LogP contribution in [0.25, 0.3) is 0 Å². The van der Waals surface area contributed by atoms with Gasteiger partial charge in [-0.25, -0.2) is 0 Å². The summed E-state index contributed by atoms with van der Waals surface area (Å²) in [6.07, 6.45) is 2.14. The Morgan fingerprint density at radius 3 is 2.70 bits per heavy atom. The molecular formula is C15H24N4O3S. The molecule has 1 aliphatic rings. The summed E-state index contributed by atoms with van der Waals surface area (Å²) in [6, 6.07) is 1.65. The Morgan fingerprint density at radius 1 is 1.35 bits per heavy atom. The van der Waals surface area contributed by atoms with Gasteiger partial charge in [-0.1, -0.05) is 12.1 Å². The number of nitrogens with zero attached hydrogens (tertiary/aromatic N) is 1. The van der Waals surface area contributed by atoms with Crippen LogP contribution in [-0.2, 0) is 9.59 Å². The average molecular weight is 340 g/mol. The third kappa shape index (κ3) is 6.23. The largest absolute Gasteiger partial charge is 0.360 e. The molecule has 0 bridgehead atoms. The molecule has 1 saturated heterocycles. The number of thioether (sulfide) groups is 1. The third-order valence-electron chi connectivity index (χ3n) is 3.88. The van der Waals surface area contributed by atoms with Crippen molar-refractivity contribution in [2.75, 3.05) is 36.5 Å². The highest BCUT2D eigenvalue weighted by Crippen LogP contribution is 2.26. The zero-order chi connectivity index (χ0) is 16.7. The second kappa shape index (κ2) is 8.35. The van der Waals surface area contributed by atoms with Gasteiger partial charge in [-0.2, -0.15) is 0 Å². The second-order valence-corrected chi connectivity index (χ2v) is 7.19. The van der Waals surface area contributed by atoms with Crippen LogP contribution in [-0.4, -0.2) is 48.1 Å². The lowest BCUT2D eigenvalue weighted by Gasteiger charge is -2.34. The quantitative estimate of drug-likeness (QED) is 0.689. The molecule has 1 aromatic heterocycles. The van der Waals surface area contributed by atoms with Gasteiger partial charge in [0.05, 0.1) is 11.5 Å². The fourth-order valence-corrected chi connectivity index (χ4v) is 3.06. The van der Waals surface area contributed by atoms with Gasteiger partial charge in [0.2, 0.25) is 11.8 Å². The summed E-state index contributed by atoms with van der Waals surface area (Å²) >= 11 is 1.29. The first-order valence-electron chi connectivity index (χ1n) is 7.75. The van der Waals surface area contributed by atoms with Gasteiger partial charge in [0, 0.05) is 12.6 Å². The molecule has 8 heteroatoms. The topological polar surface area (TPSA) is 96.3 Å². The van der Waals surface area contributed by atoms with Crippen molar-refractivity contribution in [1.29, 1.82) is 0 Å². The predicted octanol–water partition coefficient (Wildman–Crippen LogP) is 1.16. The molecule has 2 amide bonds. The smallest absolute Gasteiger partial charge is 0.235 e. The molecule has 7 nitrogen and oxygen atoms in total. The molecule has 1 aliphatic heterocycles. The second-order valence-electron chi connectivity index (χ2n) is 6.20. The molecule has 0 spiro atoms. The Hall–Kier alpha value is -1.54. The maximum absolute atomic E-state index is 11.9. The molecule has 2 rings (SSSR count). The Bertz CT molecular complexity index is 541. The number of hydrogen-bond donors (Lipinski definition) is 3. The fourth-order valence-electron chi connectivity index (χ4n) is 2.41. The number of piperidine rings is 1. The van der Waals surface area contributed by atoms with Crippen LogP contribution in [0.15, 0.2) is 10.6 Å². The zero-order valence-electron chi connectivity index (χ0n) is 13.6. The number of aryl methyl sites for hydroxylation is 1. The summed E-state index contributed by atoms with van der Waals surface area (Å²) in [5.74, 6) is 1.30. The van der Waals surface area contributed by atoms with Gasteiger partial charge < -0.3 is 20.5 Å². The molecule has 0 saturated carbocycles. The van der Waals surface area contributed by atoms with Crippen molar-refractivity contribution in [2.24, 2.45) is 5.41 Å². The highest BCUT2D eigenvalue weighted by Gasteiger charge is 2.26. The molecule has 23 heavy (non-hydrogen) atoms. The third-order valence-corrected chi connectivity index (χ3v) is 4.82. The van der Waals surface area contributed by atoms with E-state index in [1.165, 1.54) is 11.8 Å². The first-order valence-corrected chi connectivity index (χ1v) is 8.91. The number of anilines is 1. The normalized spacial score (nSPS) is 16.8. The maximum Gasteiger partial charge on any atom is 0.235 e. The number of rotatable bonds is 7. The molecule has 0 aromatic carbocycles. The lowest BCUT2D eigenvalue weighted by Crippen LogP contribution is -2.43. The molecule has 1 aromatic rings. The minimum absolute atomic E-state index is 0.0279. The number of nitrogens with one attached hydrogen (secondary N) is 3. The van der Waals surface area contributed by atoms with Crippen LogP contribution in [0.2, 0.25) is 0 Å². The molecule has 128 valence electrons. The molecule has 2 heterocycles. The standard InChI is InChI=1S/C15H24N4O3S/c1-11-7-12(19-22-11)18-14(21)9-23-8-13(20)17-10-15(2)3-5-16-6-4-15/h7,16H,3-6,8-10H2,1-2H3,(H,17,20)(H,18,19,21). The van der Waals surface area contributed by atoms with Gasteiger partial charge in [-0.05, 0) is 38.3 Å². The summed E-state index contributed by atoms with van der Waals surface area (Å²) < 4.78 is 4.87. The highest BCUT2D eigenvalue weighted by atomic mass is 32.2. The van der Waals surface area contributed by atoms with Crippen molar-refractivity contribution in [2.45, 2.75) is 26.7 Å². The number of amides is 2. The van der Waals surface area contributed by atoms with E-state index in [0.29, 0.717) is 18.1 Å². The number of hydrogen-bond acceptors (Lipinski definition) is 6. The fraction of sp³-hybridized carbons (Fsp3) is 0.667. The van der Waals surface area contributed by atoms with Crippen LogP contribution in [0, 0.1) is 12.3 Å². The zero-order valence-corrected chi connectivity index (χ0v) is 14.4. The van der Waals surface area contributed by atoms with Crippen molar-refractivity contribution in [3.05, 3.63) is 11.8 Å². The Labute approximate surface area is 140 Å². The predicted molar refractivity (Wildman–Crippen MR) is 90.4 cm³/mol. The lowest BCUT2D eigenvalue weighted by atomic mass is 9.81. The minimum atomic E-state index is -0.193. The van der Waals surface area contributed by atoms with Gasteiger partial charge >= 0.3 is 0 Å². The molecule has 3 N–H and O–H groups in total. The summed E-state index contributed by atoms with van der Waals surface area (Å²) in [5, 5.41) is 12.6. The Balaban J connectivity index is 1.59. The average Bonchev–Trinajstić information content (AvgIpc) is 2.91. The van der Waals surface area contributed by atoms with Crippen molar-refractivity contribution in [3.8, 4) is 0 Å². The first kappa shape index (κ1) is 17.8. The minimum Gasteiger partial charge on any atom is -0.360 e. The summed E-state index contributed by atoms with van der Waals surface area (Å²) in [5.41, 5.74) is 0.174. The molecule has 1 fully saturated rings. The molecule has 0 unspecified atom stereocenters. The van der Waals surface area contributed by atoms with E-state index in [2.05, 4.69) is 28.0 Å². The van der Waals surface area contributed by atoms with Gasteiger partial charge in [0.1, 0.15) is 5.76 Å². The molecule has 0 radical (unpaired) electrons. The summed E-state index contributed by atoms with van der Waals surface area (Å²) in [7, 11) is 0. The van der Waals surface area contributed by atoms with E-state index in [1.54, 1.807) is 13.0 Å². The number of carbonyl (C=O) groups is 2. The van der Waals surface area contributed by atoms with Crippen LogP contribution in [0.3, 0.4) is 0 Å². The van der Waals surface area contributed by atoms with Crippen LogP contribution in [0.1, 0.15) is 25.5 Å². The van der Waals surface area contributed by atoms with E-state index in [0.717, 1.165) is 25.9 Å². The van der Waals surface area contributed by atoms with E-state index in [1.807, 2.05) is 0 Å². The van der Waals surface area contributed by atoms with Crippen molar-refractivity contribution >= 4 is 29.4 Å². The lowest BCUT2D eigenvalue weighted by molar-refractivity contribution is -0.119. The first-order chi connectivity index (χ1) is 11.0. The van der Waals surface area contributed by atoms with Crippen molar-refractivity contribution in [1.82, 2.24) is 15.8 Å². The van der Waals surface area contributed by atoms with Crippen molar-refractivity contribution < 1.29 is 14.1 Å². The van der Waals surface area contributed by atoms with Crippen LogP contribution < -0.4 is 16.0 Å². The highest BCUT2D eigenvalue weighted by molar-refractivity contribution is 8.00. The molecular weight excluding hydrogens is 316 g/mol. The van der Waals surface area contributed by atoms with E-state index in [-0.39, 0.29) is 28.7 Å². The van der Waals surface area contributed by atoms with Crippen LogP contribution in [0.5, 0.6) is 0 Å². The summed E-state index contributed by atoms with van der Waals surface area (Å²) in [4.78, 5) is 23.6. The van der Waals surface area contributed by atoms with Crippen LogP contribution >= 0.6 is 11.8 Å². The van der Waals surface area contributed by atoms with E-state index < -0.39 is 0 Å². The van der Waals surface area contributed by atoms with E-state index in [4.69, 9.17) is 4.52 Å².